The minimum atomic E-state index is -0.253. The summed E-state index contributed by atoms with van der Waals surface area (Å²) < 4.78 is 0. The normalized spacial score (nSPS) is 19.8. The molecule has 20 heavy (non-hydrogen) atoms. The molecule has 1 aromatic heterocycles. The Hall–Kier alpha value is -1.66. The van der Waals surface area contributed by atoms with Crippen molar-refractivity contribution in [3.63, 3.8) is 0 Å². The van der Waals surface area contributed by atoms with Gasteiger partial charge >= 0.3 is 0 Å². The minimum absolute atomic E-state index is 0.149. The Kier molecular flexibility index (Phi) is 3.58. The lowest BCUT2D eigenvalue weighted by molar-refractivity contribution is 0.0733. The second-order valence-electron chi connectivity index (χ2n) is 5.55. The van der Waals surface area contributed by atoms with Crippen molar-refractivity contribution in [2.45, 2.75) is 13.0 Å². The Labute approximate surface area is 117 Å². The van der Waals surface area contributed by atoms with Crippen molar-refractivity contribution in [2.24, 2.45) is 0 Å². The van der Waals surface area contributed by atoms with Gasteiger partial charge in [-0.25, -0.2) is 0 Å². The Bertz CT molecular complexity index is 575. The zero-order valence-corrected chi connectivity index (χ0v) is 11.7. The molecule has 1 aromatic rings. The fourth-order valence-corrected chi connectivity index (χ4v) is 2.85. The van der Waals surface area contributed by atoms with Crippen molar-refractivity contribution in [2.75, 3.05) is 39.8 Å². The van der Waals surface area contributed by atoms with E-state index in [2.05, 4.69) is 15.2 Å². The summed E-state index contributed by atoms with van der Waals surface area (Å²) in [6, 6.07) is 1.79. The number of rotatable bonds is 1. The third-order valence-corrected chi connectivity index (χ3v) is 4.03. The van der Waals surface area contributed by atoms with Crippen molar-refractivity contribution in [1.29, 1.82) is 0 Å². The molecule has 6 heteroatoms. The molecule has 2 aliphatic rings. The van der Waals surface area contributed by atoms with Crippen LogP contribution in [0.4, 0.5) is 0 Å². The molecular formula is C14H20N4O2. The number of aromatic amines is 1. The van der Waals surface area contributed by atoms with Gasteiger partial charge in [0, 0.05) is 51.4 Å². The van der Waals surface area contributed by atoms with Crippen LogP contribution in [0.5, 0.6) is 0 Å². The molecule has 1 amide bonds. The van der Waals surface area contributed by atoms with Gasteiger partial charge in [0.2, 0.25) is 0 Å². The van der Waals surface area contributed by atoms with Crippen LogP contribution in [0, 0.1) is 0 Å². The van der Waals surface area contributed by atoms with Gasteiger partial charge in [-0.2, -0.15) is 0 Å². The predicted octanol–water partition coefficient (Wildman–Crippen LogP) is -0.592. The van der Waals surface area contributed by atoms with E-state index in [1.165, 1.54) is 0 Å². The maximum absolute atomic E-state index is 12.5. The molecule has 0 aliphatic carbocycles. The molecule has 0 atom stereocenters. The van der Waals surface area contributed by atoms with Crippen molar-refractivity contribution in [3.8, 4) is 0 Å². The second-order valence-corrected chi connectivity index (χ2v) is 5.55. The minimum Gasteiger partial charge on any atom is -0.336 e. The number of carbonyl (C=O) groups is 1. The third-order valence-electron chi connectivity index (χ3n) is 4.03. The molecule has 1 fully saturated rings. The number of nitrogens with zero attached hydrogens (tertiary/aromatic N) is 2. The van der Waals surface area contributed by atoms with E-state index in [0.717, 1.165) is 43.9 Å². The number of nitrogens with one attached hydrogen (secondary N) is 2. The van der Waals surface area contributed by atoms with E-state index in [1.54, 1.807) is 11.0 Å². The number of aromatic nitrogens is 1. The topological polar surface area (TPSA) is 68.4 Å². The van der Waals surface area contributed by atoms with Gasteiger partial charge in [-0.1, -0.05) is 0 Å². The summed E-state index contributed by atoms with van der Waals surface area (Å²) in [5.41, 5.74) is 2.07. The number of likely N-dealkylation sites (N-methyl/N-ethyl adjacent to an activating group) is 1. The van der Waals surface area contributed by atoms with Crippen LogP contribution in [0.1, 0.15) is 21.6 Å². The Morgan fingerprint density at radius 3 is 2.75 bits per heavy atom. The lowest BCUT2D eigenvalue weighted by atomic mass is 10.0. The van der Waals surface area contributed by atoms with Crippen molar-refractivity contribution in [1.82, 2.24) is 20.1 Å². The highest BCUT2D eigenvalue weighted by Crippen LogP contribution is 2.16. The van der Waals surface area contributed by atoms with E-state index in [9.17, 15) is 9.59 Å². The summed E-state index contributed by atoms with van der Waals surface area (Å²) in [7, 11) is 2.05. The molecule has 6 nitrogen and oxygen atoms in total. The van der Waals surface area contributed by atoms with Gasteiger partial charge in [0.05, 0.1) is 0 Å². The molecule has 0 radical (unpaired) electrons. The van der Waals surface area contributed by atoms with Crippen LogP contribution in [-0.4, -0.2) is 60.5 Å². The molecule has 1 saturated heterocycles. The van der Waals surface area contributed by atoms with Crippen molar-refractivity contribution in [3.05, 3.63) is 33.2 Å². The number of carbonyl (C=O) groups excluding carboxylic acids is 1. The molecule has 0 saturated carbocycles. The van der Waals surface area contributed by atoms with E-state index < -0.39 is 0 Å². The lowest BCUT2D eigenvalue weighted by Crippen LogP contribution is -2.47. The summed E-state index contributed by atoms with van der Waals surface area (Å²) in [6.07, 6.45) is 0.836. The van der Waals surface area contributed by atoms with Gasteiger partial charge < -0.3 is 20.1 Å². The molecule has 0 aromatic carbocycles. The van der Waals surface area contributed by atoms with Crippen LogP contribution >= 0.6 is 0 Å². The van der Waals surface area contributed by atoms with Crippen molar-refractivity contribution >= 4 is 5.91 Å². The Morgan fingerprint density at radius 1 is 1.25 bits per heavy atom. The van der Waals surface area contributed by atoms with Gasteiger partial charge in [0.15, 0.2) is 0 Å². The molecule has 0 bridgehead atoms. The van der Waals surface area contributed by atoms with Crippen LogP contribution < -0.4 is 10.9 Å². The first-order valence-corrected chi connectivity index (χ1v) is 7.09. The monoisotopic (exact) mass is 276 g/mol. The second kappa shape index (κ2) is 5.38. The number of hydrogen-bond acceptors (Lipinski definition) is 4. The smallest absolute Gasteiger partial charge is 0.261 e. The lowest BCUT2D eigenvalue weighted by Gasteiger charge is -2.28. The summed E-state index contributed by atoms with van der Waals surface area (Å²) in [5.74, 6) is -0.149. The molecule has 108 valence electrons. The average Bonchev–Trinajstić information content (AvgIpc) is 2.47. The zero-order valence-electron chi connectivity index (χ0n) is 11.7. The molecule has 3 heterocycles. The first-order chi connectivity index (χ1) is 9.65. The fourth-order valence-electron chi connectivity index (χ4n) is 2.85. The summed E-state index contributed by atoms with van der Waals surface area (Å²) in [4.78, 5) is 31.4. The molecular weight excluding hydrogens is 256 g/mol. The third kappa shape index (κ3) is 2.48. The SMILES string of the molecule is CN1CCc2[nH]c(=O)c(C(=O)N3CCNCC3)cc2C1. The summed E-state index contributed by atoms with van der Waals surface area (Å²) in [6.45, 7) is 4.63. The highest BCUT2D eigenvalue weighted by atomic mass is 16.2. The first-order valence-electron chi connectivity index (χ1n) is 7.09. The van der Waals surface area contributed by atoms with Gasteiger partial charge in [-0.3, -0.25) is 9.59 Å². The number of H-pyrrole nitrogens is 1. The van der Waals surface area contributed by atoms with E-state index in [0.29, 0.717) is 13.1 Å². The summed E-state index contributed by atoms with van der Waals surface area (Å²) >= 11 is 0. The van der Waals surface area contributed by atoms with Crippen LogP contribution in [0.15, 0.2) is 10.9 Å². The number of hydrogen-bond donors (Lipinski definition) is 2. The van der Waals surface area contributed by atoms with Crippen LogP contribution in [0.25, 0.3) is 0 Å². The van der Waals surface area contributed by atoms with Crippen molar-refractivity contribution < 1.29 is 4.79 Å². The molecule has 3 rings (SSSR count). The standard InChI is InChI=1S/C14H20N4O2/c1-17-5-2-12-10(9-17)8-11(13(19)16-12)14(20)18-6-3-15-4-7-18/h8,15H,2-7,9H2,1H3,(H,16,19). The van der Waals surface area contributed by atoms with Gasteiger partial charge in [0.25, 0.3) is 11.5 Å². The Balaban J connectivity index is 1.91. The van der Waals surface area contributed by atoms with E-state index in [-0.39, 0.29) is 17.0 Å². The van der Waals surface area contributed by atoms with E-state index in [1.807, 2.05) is 7.05 Å². The first kappa shape index (κ1) is 13.3. The van der Waals surface area contributed by atoms with Crippen LogP contribution in [-0.2, 0) is 13.0 Å². The van der Waals surface area contributed by atoms with E-state index >= 15 is 0 Å². The molecule has 0 unspecified atom stereocenters. The van der Waals surface area contributed by atoms with Gasteiger partial charge in [0.1, 0.15) is 5.56 Å². The van der Waals surface area contributed by atoms with Crippen LogP contribution in [0.2, 0.25) is 0 Å². The molecule has 2 aliphatic heterocycles. The van der Waals surface area contributed by atoms with Gasteiger partial charge in [-0.05, 0) is 18.7 Å². The summed E-state index contributed by atoms with van der Waals surface area (Å²) in [5, 5.41) is 3.20. The predicted molar refractivity (Wildman–Crippen MR) is 75.9 cm³/mol. The Morgan fingerprint density at radius 2 is 2.00 bits per heavy atom. The maximum Gasteiger partial charge on any atom is 0.261 e. The van der Waals surface area contributed by atoms with Crippen LogP contribution in [0.3, 0.4) is 0 Å². The highest BCUT2D eigenvalue weighted by Gasteiger charge is 2.23. The quantitative estimate of drug-likeness (QED) is 0.719. The number of fused-ring (bicyclic) bond motifs is 1. The number of pyridine rings is 1. The number of amides is 1. The number of piperazine rings is 1. The van der Waals surface area contributed by atoms with E-state index in [4.69, 9.17) is 0 Å². The molecule has 2 N–H and O–H groups in total. The highest BCUT2D eigenvalue weighted by molar-refractivity contribution is 5.94. The average molecular weight is 276 g/mol. The maximum atomic E-state index is 12.5. The largest absolute Gasteiger partial charge is 0.336 e. The molecule has 0 spiro atoms. The zero-order chi connectivity index (χ0) is 14.1. The van der Waals surface area contributed by atoms with Gasteiger partial charge in [-0.15, -0.1) is 0 Å². The fraction of sp³-hybridized carbons (Fsp3) is 0.571.